The van der Waals surface area contributed by atoms with Crippen molar-refractivity contribution in [3.05, 3.63) is 82.5 Å². The smallest absolute Gasteiger partial charge is 0.00273 e. The van der Waals surface area contributed by atoms with Gasteiger partial charge in [-0.3, -0.25) is 14.7 Å². The molecule has 2 heterocycles. The Bertz CT molecular complexity index is 480. The number of likely N-dealkylation sites (N-methyl/N-ethyl adjacent to an activating group) is 1. The summed E-state index contributed by atoms with van der Waals surface area (Å²) >= 11 is 0. The first kappa shape index (κ1) is 29.4. The number of hydrogen-bond acceptors (Lipinski definition) is 1. The monoisotopic (exact) mass is 414 g/mol. The maximum atomic E-state index is 6.75. The van der Waals surface area contributed by atoms with Gasteiger partial charge in [0.15, 0.2) is 0 Å². The van der Waals surface area contributed by atoms with Crippen LogP contribution in [0.4, 0.5) is 0 Å². The van der Waals surface area contributed by atoms with Crippen molar-refractivity contribution >= 4 is 0 Å². The molecule has 1 unspecified atom stereocenters. The van der Waals surface area contributed by atoms with E-state index in [1.54, 1.807) is 0 Å². The molecule has 0 amide bonds. The van der Waals surface area contributed by atoms with E-state index in [0.29, 0.717) is 6.04 Å². The Balaban J connectivity index is -0.000000492. The molecule has 0 spiro atoms. The minimum absolute atomic E-state index is 0. The third-order valence-electron chi connectivity index (χ3n) is 3.46. The van der Waals surface area contributed by atoms with Gasteiger partial charge in [-0.1, -0.05) is 38.3 Å². The summed E-state index contributed by atoms with van der Waals surface area (Å²) in [5.41, 5.74) is 41.7. The van der Waals surface area contributed by atoms with Crippen LogP contribution in [0.1, 0.15) is 26.2 Å². The third-order valence-corrected chi connectivity index (χ3v) is 3.46. The van der Waals surface area contributed by atoms with Gasteiger partial charge in [-0.2, -0.15) is 0 Å². The zero-order valence-corrected chi connectivity index (χ0v) is 16.4. The van der Waals surface area contributed by atoms with Gasteiger partial charge >= 0.3 is 0 Å². The van der Waals surface area contributed by atoms with Crippen molar-refractivity contribution in [1.29, 1.82) is 0 Å². The molecule has 27 heavy (non-hydrogen) atoms. The Kier molecular flexibility index (Phi) is 25.8. The predicted octanol–water partition coefficient (Wildman–Crippen LogP) is 5.66. The van der Waals surface area contributed by atoms with Gasteiger partial charge in [-0.05, 0) is 13.1 Å². The van der Waals surface area contributed by atoms with Gasteiger partial charge in [0.25, 0.3) is 0 Å². The molecule has 0 N–H and O–H groups in total. The average Bonchev–Trinajstić information content (AvgIpc) is 2.65. The molecule has 0 aliphatic carbocycles. The molecule has 0 saturated carbocycles. The van der Waals surface area contributed by atoms with Crippen LogP contribution in [0.25, 0.3) is 58.6 Å². The van der Waals surface area contributed by atoms with Crippen LogP contribution >= 0.6 is 0 Å². The van der Waals surface area contributed by atoms with Crippen LogP contribution in [0, 0.1) is 0 Å². The fraction of sp³-hybridized carbons (Fsp3) is 0.714. The van der Waals surface area contributed by atoms with E-state index < -0.39 is 0 Å². The zero-order valence-electron chi connectivity index (χ0n) is 15.2. The van der Waals surface area contributed by atoms with Crippen molar-refractivity contribution in [2.24, 2.45) is 0 Å². The summed E-state index contributed by atoms with van der Waals surface area (Å²) in [7, 11) is 0. The maximum absolute atomic E-state index is 6.75. The van der Waals surface area contributed by atoms with E-state index in [0.717, 1.165) is 32.7 Å². The summed E-state index contributed by atoms with van der Waals surface area (Å²) < 4.78 is 0. The van der Waals surface area contributed by atoms with Gasteiger partial charge in [-0.15, -0.1) is 30.9 Å². The largest absolute Gasteiger partial charge is 0.684 e. The van der Waals surface area contributed by atoms with Gasteiger partial charge in [0.05, 0.1) is 0 Å². The zero-order chi connectivity index (χ0) is 20.0. The molecule has 2 rings (SSSR count). The van der Waals surface area contributed by atoms with E-state index >= 15 is 0 Å². The molecular formula is C14H23MnN12-5. The van der Waals surface area contributed by atoms with E-state index in [2.05, 4.69) is 35.4 Å². The second-order valence-electron chi connectivity index (χ2n) is 5.08. The Morgan fingerprint density at radius 2 is 1.67 bits per heavy atom. The van der Waals surface area contributed by atoms with Crippen molar-refractivity contribution in [2.45, 2.75) is 32.2 Å². The van der Waals surface area contributed by atoms with Gasteiger partial charge in [-0.25, -0.2) is 0 Å². The second kappa shape index (κ2) is 23.6. The predicted molar refractivity (Wildman–Crippen MR) is 104 cm³/mol. The summed E-state index contributed by atoms with van der Waals surface area (Å²) in [5.74, 6) is 0. The fourth-order valence-electron chi connectivity index (χ4n) is 2.40. The van der Waals surface area contributed by atoms with Crippen LogP contribution < -0.4 is 0 Å². The first-order valence-electron chi connectivity index (χ1n) is 8.00. The number of hydrogen-bond donors (Lipinski definition) is 0. The van der Waals surface area contributed by atoms with Crippen LogP contribution in [0.2, 0.25) is 0 Å². The molecule has 2 aliphatic rings. The van der Waals surface area contributed by atoms with Crippen molar-refractivity contribution in [3.8, 4) is 0 Å². The molecule has 1 atom stereocenters. The molecule has 1 saturated heterocycles. The van der Waals surface area contributed by atoms with E-state index in [9.17, 15) is 0 Å². The van der Waals surface area contributed by atoms with E-state index in [1.165, 1.54) is 39.7 Å². The van der Waals surface area contributed by atoms with Gasteiger partial charge in [0.2, 0.25) is 0 Å². The Hall–Kier alpha value is -2.35. The summed E-state index contributed by atoms with van der Waals surface area (Å²) in [6, 6.07) is 0.559. The molecule has 2 aliphatic heterocycles. The molecular weight excluding hydrogens is 391 g/mol. The third kappa shape index (κ3) is 19.8. The quantitative estimate of drug-likeness (QED) is 0.237. The molecule has 0 aromatic rings. The standard InChI is InChI=1S/C14H23N3.Mn.3N3/c1-2-17(11-13-7-3-5-9-15-13)12-14-8-4-6-10-16-14;;3*1-3-2/h3,5,7,14H,2,4,6,8-12H2,1H3;;;;/q-2;;3*-1. The van der Waals surface area contributed by atoms with Gasteiger partial charge < -0.3 is 48.7 Å². The molecule has 1 radical (unpaired) electrons. The maximum Gasteiger partial charge on any atom is 0.00273 e. The second-order valence-corrected chi connectivity index (χ2v) is 5.08. The summed E-state index contributed by atoms with van der Waals surface area (Å²) in [6.07, 6.45) is 10.2. The Morgan fingerprint density at radius 1 is 1.07 bits per heavy atom. The van der Waals surface area contributed by atoms with E-state index in [4.69, 9.17) is 38.5 Å². The molecule has 0 aromatic carbocycles. The molecule has 151 valence electrons. The molecule has 13 heteroatoms. The first-order valence-corrected chi connectivity index (χ1v) is 8.00. The fourth-order valence-corrected chi connectivity index (χ4v) is 2.40. The normalized spacial score (nSPS) is 16.4. The summed E-state index contributed by atoms with van der Waals surface area (Å²) in [6.45, 7) is 7.31. The van der Waals surface area contributed by atoms with E-state index in [-0.39, 0.29) is 17.1 Å². The topological polar surface area (TPSA) is 208 Å². The van der Waals surface area contributed by atoms with Gasteiger partial charge in [0, 0.05) is 23.6 Å². The van der Waals surface area contributed by atoms with Crippen LogP contribution in [0.3, 0.4) is 0 Å². The molecule has 1 fully saturated rings. The van der Waals surface area contributed by atoms with Crippen LogP contribution in [0.5, 0.6) is 0 Å². The summed E-state index contributed by atoms with van der Waals surface area (Å²) in [4.78, 5) is 6.97. The van der Waals surface area contributed by atoms with Crippen molar-refractivity contribution in [1.82, 2.24) is 4.90 Å². The van der Waals surface area contributed by atoms with Crippen LogP contribution in [0.15, 0.2) is 23.9 Å². The number of rotatable bonds is 5. The minimum Gasteiger partial charge on any atom is -0.684 e. The van der Waals surface area contributed by atoms with Gasteiger partial charge in [0.1, 0.15) is 0 Å². The molecule has 0 bridgehead atoms. The molecule has 12 nitrogen and oxygen atoms in total. The summed E-state index contributed by atoms with van der Waals surface area (Å²) in [5, 5.41) is 9.22. The Labute approximate surface area is 169 Å². The van der Waals surface area contributed by atoms with Crippen LogP contribution in [-0.2, 0) is 17.1 Å². The molecule has 0 aromatic heterocycles. The van der Waals surface area contributed by atoms with Crippen molar-refractivity contribution in [2.75, 3.05) is 32.7 Å². The average molecular weight is 414 g/mol. The van der Waals surface area contributed by atoms with Crippen molar-refractivity contribution in [3.63, 3.8) is 0 Å². The number of allylic oxidation sites excluding steroid dienone is 2. The van der Waals surface area contributed by atoms with Crippen LogP contribution in [-0.4, -0.2) is 43.7 Å². The minimum atomic E-state index is 0. The first-order chi connectivity index (χ1) is 12.6. The number of piperidine rings is 1. The number of nitrogens with zero attached hydrogens (tertiary/aromatic N) is 12. The Morgan fingerprint density at radius 3 is 2.07 bits per heavy atom. The van der Waals surface area contributed by atoms with E-state index in [1.807, 2.05) is 0 Å². The van der Waals surface area contributed by atoms with Crippen molar-refractivity contribution < 1.29 is 17.1 Å². The SMILES string of the molecule is CCN(CC1=CC=CC[N-]1)CC1CCCC[N-]1.[Mn].[N-]=[N+]=[N-].[N-]=[N+]=[N-].[N-]=[N+]=[N-].